The lowest BCUT2D eigenvalue weighted by molar-refractivity contribution is -0.127. The van der Waals surface area contributed by atoms with Crippen LogP contribution in [0, 0.1) is 0 Å². The molecule has 0 saturated carbocycles. The number of hydrogen-bond donors (Lipinski definition) is 0. The topological polar surface area (TPSA) is 64.4 Å². The van der Waals surface area contributed by atoms with E-state index < -0.39 is 0 Å². The highest BCUT2D eigenvalue weighted by atomic mass is 32.2. The summed E-state index contributed by atoms with van der Waals surface area (Å²) in [5, 5.41) is 1.21. The van der Waals surface area contributed by atoms with E-state index in [1.807, 2.05) is 48.5 Å². The molecule has 7 heteroatoms. The first-order valence-electron chi connectivity index (χ1n) is 11.7. The quantitative estimate of drug-likeness (QED) is 0.245. The standard InChI is InChI=1S/C27H31N3O3S/c1-29(18-21-12-6-9-15-24(21)33-2)25(31)19-34-27-28-23-14-8-7-13-22(23)26(32)30(27)17-16-20-10-4-3-5-11-20/h6-10,12-15H,3-5,11,16-19H2,1-2H3. The number of aromatic nitrogens is 2. The maximum Gasteiger partial charge on any atom is 0.262 e. The number of amides is 1. The van der Waals surface area contributed by atoms with Crippen LogP contribution < -0.4 is 10.3 Å². The van der Waals surface area contributed by atoms with E-state index in [1.54, 1.807) is 23.6 Å². The smallest absolute Gasteiger partial charge is 0.262 e. The summed E-state index contributed by atoms with van der Waals surface area (Å²) in [6.07, 6.45) is 7.83. The highest BCUT2D eigenvalue weighted by Crippen LogP contribution is 2.24. The third-order valence-corrected chi connectivity index (χ3v) is 7.18. The molecule has 1 aliphatic carbocycles. The third-order valence-electron chi connectivity index (χ3n) is 6.22. The molecule has 1 aromatic heterocycles. The van der Waals surface area contributed by atoms with Crippen LogP contribution in [0.4, 0.5) is 0 Å². The van der Waals surface area contributed by atoms with E-state index in [-0.39, 0.29) is 17.2 Å². The van der Waals surface area contributed by atoms with Gasteiger partial charge in [0, 0.05) is 25.7 Å². The molecule has 0 radical (unpaired) electrons. The summed E-state index contributed by atoms with van der Waals surface area (Å²) >= 11 is 1.33. The Kier molecular flexibility index (Phi) is 8.06. The second-order valence-corrected chi connectivity index (χ2v) is 9.52. The first kappa shape index (κ1) is 24.1. The molecule has 0 fully saturated rings. The Balaban J connectivity index is 1.51. The zero-order chi connectivity index (χ0) is 23.9. The summed E-state index contributed by atoms with van der Waals surface area (Å²) in [4.78, 5) is 32.7. The first-order chi connectivity index (χ1) is 16.6. The molecule has 0 saturated heterocycles. The Bertz CT molecular complexity index is 1250. The van der Waals surface area contributed by atoms with Crippen LogP contribution in [-0.4, -0.2) is 40.3 Å². The number of fused-ring (bicyclic) bond motifs is 1. The Hall–Kier alpha value is -3.06. The van der Waals surface area contributed by atoms with Crippen LogP contribution in [0.15, 0.2) is 70.1 Å². The zero-order valence-electron chi connectivity index (χ0n) is 19.8. The highest BCUT2D eigenvalue weighted by molar-refractivity contribution is 7.99. The minimum Gasteiger partial charge on any atom is -0.496 e. The second-order valence-electron chi connectivity index (χ2n) is 8.58. The molecular formula is C27H31N3O3S. The Morgan fingerprint density at radius 3 is 2.74 bits per heavy atom. The van der Waals surface area contributed by atoms with Gasteiger partial charge in [0.25, 0.3) is 5.56 Å². The normalized spacial score (nSPS) is 13.5. The molecule has 0 unspecified atom stereocenters. The van der Waals surface area contributed by atoms with Crippen LogP contribution in [0.1, 0.15) is 37.7 Å². The molecule has 0 aliphatic heterocycles. The van der Waals surface area contributed by atoms with Gasteiger partial charge in [-0.2, -0.15) is 0 Å². The Morgan fingerprint density at radius 2 is 1.94 bits per heavy atom. The average molecular weight is 478 g/mol. The summed E-state index contributed by atoms with van der Waals surface area (Å²) in [5.74, 6) is 0.941. The van der Waals surface area contributed by atoms with Crippen LogP contribution in [0.2, 0.25) is 0 Å². The fraction of sp³-hybridized carbons (Fsp3) is 0.370. The lowest BCUT2D eigenvalue weighted by atomic mass is 9.97. The number of rotatable bonds is 9. The van der Waals surface area contributed by atoms with Gasteiger partial charge in [-0.25, -0.2) is 4.98 Å². The van der Waals surface area contributed by atoms with Gasteiger partial charge >= 0.3 is 0 Å². The van der Waals surface area contributed by atoms with Crippen LogP contribution in [0.3, 0.4) is 0 Å². The van der Waals surface area contributed by atoms with Crippen LogP contribution >= 0.6 is 11.8 Å². The van der Waals surface area contributed by atoms with Gasteiger partial charge in [-0.15, -0.1) is 0 Å². The molecule has 2 aromatic carbocycles. The Labute approximate surface area is 204 Å². The molecule has 1 aliphatic rings. The molecule has 0 atom stereocenters. The minimum atomic E-state index is -0.0423. The largest absolute Gasteiger partial charge is 0.496 e. The van der Waals surface area contributed by atoms with Gasteiger partial charge in [0.1, 0.15) is 5.75 Å². The number of para-hydroxylation sites is 2. The molecule has 0 N–H and O–H groups in total. The van der Waals surface area contributed by atoms with Gasteiger partial charge in [0.05, 0.1) is 23.8 Å². The number of allylic oxidation sites excluding steroid dienone is 2. The van der Waals surface area contributed by atoms with Crippen molar-refractivity contribution < 1.29 is 9.53 Å². The molecule has 6 nitrogen and oxygen atoms in total. The van der Waals surface area contributed by atoms with Crippen molar-refractivity contribution in [3.8, 4) is 5.75 Å². The monoisotopic (exact) mass is 477 g/mol. The molecule has 1 heterocycles. The second kappa shape index (κ2) is 11.4. The SMILES string of the molecule is COc1ccccc1CN(C)C(=O)CSc1nc2ccccc2c(=O)n1CCC1=CCCCC1. The van der Waals surface area contributed by atoms with E-state index in [0.717, 1.165) is 30.6 Å². The van der Waals surface area contributed by atoms with Crippen molar-refractivity contribution in [2.24, 2.45) is 0 Å². The third kappa shape index (κ3) is 5.70. The van der Waals surface area contributed by atoms with Crippen LogP contribution in [-0.2, 0) is 17.9 Å². The van der Waals surface area contributed by atoms with Gasteiger partial charge < -0.3 is 9.64 Å². The van der Waals surface area contributed by atoms with Gasteiger partial charge in [-0.05, 0) is 50.3 Å². The van der Waals surface area contributed by atoms with Crippen molar-refractivity contribution in [2.75, 3.05) is 19.9 Å². The fourth-order valence-electron chi connectivity index (χ4n) is 4.26. The predicted molar refractivity (Wildman–Crippen MR) is 137 cm³/mol. The summed E-state index contributed by atoms with van der Waals surface area (Å²) < 4.78 is 7.15. The number of methoxy groups -OCH3 is 1. The van der Waals surface area contributed by atoms with E-state index in [9.17, 15) is 9.59 Å². The number of nitrogens with zero attached hydrogens (tertiary/aromatic N) is 3. The minimum absolute atomic E-state index is 0.0279. The van der Waals surface area contributed by atoms with Gasteiger partial charge in [0.15, 0.2) is 5.16 Å². The van der Waals surface area contributed by atoms with Crippen LogP contribution in [0.25, 0.3) is 10.9 Å². The average Bonchev–Trinajstić information content (AvgIpc) is 2.87. The van der Waals surface area contributed by atoms with Crippen molar-refractivity contribution in [3.63, 3.8) is 0 Å². The molecular weight excluding hydrogens is 446 g/mol. The summed E-state index contributed by atoms with van der Waals surface area (Å²) in [5.41, 5.74) is 2.99. The molecule has 1 amide bonds. The lowest BCUT2D eigenvalue weighted by Gasteiger charge is -2.19. The number of thioether (sulfide) groups is 1. The fourth-order valence-corrected chi connectivity index (χ4v) is 5.22. The zero-order valence-corrected chi connectivity index (χ0v) is 20.6. The molecule has 34 heavy (non-hydrogen) atoms. The van der Waals surface area contributed by atoms with Gasteiger partial charge in [0.2, 0.25) is 5.91 Å². The first-order valence-corrected chi connectivity index (χ1v) is 12.7. The number of hydrogen-bond acceptors (Lipinski definition) is 5. The summed E-state index contributed by atoms with van der Waals surface area (Å²) in [7, 11) is 3.41. The van der Waals surface area contributed by atoms with Crippen molar-refractivity contribution in [3.05, 3.63) is 76.1 Å². The number of ether oxygens (including phenoxy) is 1. The van der Waals surface area contributed by atoms with Crippen molar-refractivity contribution in [1.82, 2.24) is 14.5 Å². The van der Waals surface area contributed by atoms with E-state index in [4.69, 9.17) is 9.72 Å². The van der Waals surface area contributed by atoms with Crippen molar-refractivity contribution in [1.29, 1.82) is 0 Å². The molecule has 0 spiro atoms. The lowest BCUT2D eigenvalue weighted by Crippen LogP contribution is -2.29. The maximum absolute atomic E-state index is 13.3. The molecule has 178 valence electrons. The van der Waals surface area contributed by atoms with Crippen molar-refractivity contribution in [2.45, 2.75) is 50.4 Å². The van der Waals surface area contributed by atoms with E-state index in [0.29, 0.717) is 29.1 Å². The van der Waals surface area contributed by atoms with Crippen molar-refractivity contribution >= 4 is 28.6 Å². The number of benzene rings is 2. The van der Waals surface area contributed by atoms with Gasteiger partial charge in [-0.1, -0.05) is 53.7 Å². The van der Waals surface area contributed by atoms with Gasteiger partial charge in [-0.3, -0.25) is 14.2 Å². The summed E-state index contributed by atoms with van der Waals surface area (Å²) in [6.45, 7) is 1.03. The van der Waals surface area contributed by atoms with E-state index >= 15 is 0 Å². The predicted octanol–water partition coefficient (Wildman–Crippen LogP) is 5.05. The Morgan fingerprint density at radius 1 is 1.15 bits per heavy atom. The summed E-state index contributed by atoms with van der Waals surface area (Å²) in [6, 6.07) is 15.1. The number of carbonyl (C=O) groups excluding carboxylic acids is 1. The number of carbonyl (C=O) groups is 1. The highest BCUT2D eigenvalue weighted by Gasteiger charge is 2.17. The van der Waals surface area contributed by atoms with Crippen LogP contribution in [0.5, 0.6) is 5.75 Å². The van der Waals surface area contributed by atoms with E-state index in [1.165, 1.54) is 30.2 Å². The molecule has 0 bridgehead atoms. The molecule has 4 rings (SSSR count). The maximum atomic E-state index is 13.3. The van der Waals surface area contributed by atoms with E-state index in [2.05, 4.69) is 6.08 Å². The molecule has 3 aromatic rings.